The Balaban J connectivity index is -0.000000154. The normalized spacial score (nSPS) is 17.3. The molecule has 10 N–H and O–H groups in total. The molecule has 0 amide bonds. The van der Waals surface area contributed by atoms with Gasteiger partial charge < -0.3 is 66.1 Å². The van der Waals surface area contributed by atoms with Crippen LogP contribution in [0.4, 0.5) is 0 Å². The third-order valence-corrected chi connectivity index (χ3v) is 2.29. The molecule has 13 nitrogen and oxygen atoms in total. The Bertz CT molecular complexity index is 309. The average molecular weight is 388 g/mol. The molecule has 0 spiro atoms. The van der Waals surface area contributed by atoms with Crippen molar-refractivity contribution in [2.24, 2.45) is 0 Å². The second-order valence-corrected chi connectivity index (χ2v) is 4.01. The third-order valence-electron chi connectivity index (χ3n) is 2.29. The van der Waals surface area contributed by atoms with Gasteiger partial charge in [-0.25, -0.2) is 0 Å². The summed E-state index contributed by atoms with van der Waals surface area (Å²) in [7, 11) is 0. The van der Waals surface area contributed by atoms with Crippen LogP contribution in [-0.4, -0.2) is 146 Å². The van der Waals surface area contributed by atoms with Gasteiger partial charge in [-0.15, -0.1) is 0 Å². The van der Waals surface area contributed by atoms with E-state index in [4.69, 9.17) is 40.9 Å². The van der Waals surface area contributed by atoms with E-state index in [1.807, 2.05) is 0 Å². The zero-order valence-electron chi connectivity index (χ0n) is 12.3. The van der Waals surface area contributed by atoms with E-state index in [2.05, 4.69) is 0 Å². The van der Waals surface area contributed by atoms with Crippen LogP contribution < -0.4 is 10.2 Å². The molecule has 0 aliphatic carbocycles. The SMILES string of the molecule is O.O=C([O-])[C@H](O)[C@@H](O)[C@H](O)CO.O=C([O-])[C@H](O)[C@@H](O)[C@H](O)CO.[Ca+2]. The molecule has 0 rings (SSSR count). The van der Waals surface area contributed by atoms with E-state index in [0.29, 0.717) is 0 Å². The zero-order chi connectivity index (χ0) is 18.0. The van der Waals surface area contributed by atoms with Gasteiger partial charge in [0, 0.05) is 0 Å². The molecule has 0 aliphatic heterocycles. The topological polar surface area (TPSA) is 274 Å². The molecule has 0 aliphatic rings. The van der Waals surface area contributed by atoms with E-state index >= 15 is 0 Å². The number of carbonyl (C=O) groups excluding carboxylic acids is 2. The Morgan fingerprint density at radius 3 is 1.04 bits per heavy atom. The number of carboxylic acids is 2. The van der Waals surface area contributed by atoms with Crippen molar-refractivity contribution in [3.05, 3.63) is 0 Å². The van der Waals surface area contributed by atoms with Crippen LogP contribution in [-0.2, 0) is 9.59 Å². The van der Waals surface area contributed by atoms with Crippen LogP contribution in [0.25, 0.3) is 0 Å². The molecule has 24 heavy (non-hydrogen) atoms. The zero-order valence-corrected chi connectivity index (χ0v) is 14.5. The summed E-state index contributed by atoms with van der Waals surface area (Å²) in [5.74, 6) is -3.80. The van der Waals surface area contributed by atoms with Gasteiger partial charge in [0.25, 0.3) is 0 Å². The summed E-state index contributed by atoms with van der Waals surface area (Å²) in [6, 6.07) is 0. The molecule has 0 radical (unpaired) electrons. The molecule has 0 heterocycles. The molecular weight excluding hydrogens is 368 g/mol. The minimum absolute atomic E-state index is 0. The van der Waals surface area contributed by atoms with Crippen LogP contribution in [0.5, 0.6) is 0 Å². The monoisotopic (exact) mass is 388 g/mol. The fourth-order valence-electron chi connectivity index (χ4n) is 0.916. The van der Waals surface area contributed by atoms with E-state index in [1.165, 1.54) is 0 Å². The number of aliphatic hydroxyl groups is 8. The van der Waals surface area contributed by atoms with Gasteiger partial charge in [0.2, 0.25) is 0 Å². The van der Waals surface area contributed by atoms with Crippen LogP contribution in [0.1, 0.15) is 0 Å². The molecule has 14 heteroatoms. The number of carbonyl (C=O) groups is 2. The summed E-state index contributed by atoms with van der Waals surface area (Å²) < 4.78 is 0. The van der Waals surface area contributed by atoms with Crippen LogP contribution in [0.2, 0.25) is 0 Å². The Hall–Kier alpha value is -0.160. The molecule has 0 bridgehead atoms. The summed E-state index contributed by atoms with van der Waals surface area (Å²) in [6.45, 7) is -1.66. The minimum atomic E-state index is -2.18. The molecule has 0 unspecified atom stereocenters. The van der Waals surface area contributed by atoms with E-state index in [9.17, 15) is 19.8 Å². The average Bonchev–Trinajstić information content (AvgIpc) is 2.50. The molecule has 140 valence electrons. The van der Waals surface area contributed by atoms with E-state index in [-0.39, 0.29) is 43.2 Å². The first kappa shape index (κ1) is 31.6. The van der Waals surface area contributed by atoms with Gasteiger partial charge in [-0.3, -0.25) is 0 Å². The van der Waals surface area contributed by atoms with Crippen LogP contribution in [0.15, 0.2) is 0 Å². The Kier molecular flexibility index (Phi) is 21.5. The van der Waals surface area contributed by atoms with Crippen LogP contribution in [0.3, 0.4) is 0 Å². The third kappa shape index (κ3) is 12.2. The minimum Gasteiger partial charge on any atom is -0.547 e. The van der Waals surface area contributed by atoms with E-state index in [1.54, 1.807) is 0 Å². The smallest absolute Gasteiger partial charge is 0.547 e. The van der Waals surface area contributed by atoms with Crippen molar-refractivity contribution in [3.8, 4) is 0 Å². The van der Waals surface area contributed by atoms with Gasteiger partial charge in [0.15, 0.2) is 0 Å². The number of hydrogen-bond donors (Lipinski definition) is 8. The van der Waals surface area contributed by atoms with Crippen molar-refractivity contribution < 1.29 is 66.1 Å². The number of aliphatic hydroxyl groups excluding tert-OH is 8. The van der Waals surface area contributed by atoms with Gasteiger partial charge in [-0.2, -0.15) is 0 Å². The van der Waals surface area contributed by atoms with E-state index < -0.39 is 61.8 Å². The van der Waals surface area contributed by atoms with Crippen molar-refractivity contribution in [2.45, 2.75) is 36.6 Å². The molecule has 0 saturated carbocycles. The van der Waals surface area contributed by atoms with Gasteiger partial charge >= 0.3 is 37.7 Å². The predicted octanol–water partition coefficient (Wildman–Crippen LogP) is -9.58. The first-order valence-electron chi connectivity index (χ1n) is 5.73. The standard InChI is InChI=1S/2C5H10O6.Ca.H2O/c2*6-1-2(7)3(8)4(9)5(10)11;;/h2*2-4,6-9H,1H2,(H,10,11);;1H2/q;;+2;/p-2/t2*2-,3+,4-;;/m11../s1. The maximum atomic E-state index is 9.85. The Morgan fingerprint density at radius 1 is 0.708 bits per heavy atom. The van der Waals surface area contributed by atoms with Crippen molar-refractivity contribution in [1.29, 1.82) is 0 Å². The number of hydrogen-bond acceptors (Lipinski definition) is 12. The summed E-state index contributed by atoms with van der Waals surface area (Å²) in [5.41, 5.74) is 0. The molecule has 0 aromatic rings. The maximum absolute atomic E-state index is 9.85. The Labute approximate surface area is 165 Å². The summed E-state index contributed by atoms with van der Waals surface area (Å²) in [6.07, 6.45) is -11.6. The van der Waals surface area contributed by atoms with Gasteiger partial charge in [-0.1, -0.05) is 0 Å². The second kappa shape index (κ2) is 16.3. The first-order valence-corrected chi connectivity index (χ1v) is 5.73. The summed E-state index contributed by atoms with van der Waals surface area (Å²) >= 11 is 0. The molecule has 6 atom stereocenters. The molecule has 0 aromatic carbocycles. The molecule has 0 fully saturated rings. The van der Waals surface area contributed by atoms with Gasteiger partial charge in [0.1, 0.15) is 36.6 Å². The van der Waals surface area contributed by atoms with E-state index in [0.717, 1.165) is 0 Å². The quantitative estimate of drug-likeness (QED) is 0.180. The fraction of sp³-hybridized carbons (Fsp3) is 0.800. The van der Waals surface area contributed by atoms with Crippen LogP contribution in [0, 0.1) is 0 Å². The molecule has 0 saturated heterocycles. The van der Waals surface area contributed by atoms with Crippen molar-refractivity contribution in [2.75, 3.05) is 13.2 Å². The molecular formula is C10H20CaO13. The number of aliphatic carboxylic acids is 2. The fourth-order valence-corrected chi connectivity index (χ4v) is 0.916. The Morgan fingerprint density at radius 2 is 0.917 bits per heavy atom. The largest absolute Gasteiger partial charge is 2.00 e. The molecule has 0 aromatic heterocycles. The second-order valence-electron chi connectivity index (χ2n) is 4.01. The van der Waals surface area contributed by atoms with Gasteiger partial charge in [0.05, 0.1) is 25.2 Å². The predicted molar refractivity (Wildman–Crippen MR) is 69.6 cm³/mol. The van der Waals surface area contributed by atoms with Crippen molar-refractivity contribution in [1.82, 2.24) is 0 Å². The van der Waals surface area contributed by atoms with Crippen molar-refractivity contribution in [3.63, 3.8) is 0 Å². The maximum Gasteiger partial charge on any atom is 2.00 e. The van der Waals surface area contributed by atoms with Gasteiger partial charge in [-0.05, 0) is 0 Å². The summed E-state index contributed by atoms with van der Waals surface area (Å²) in [5, 5.41) is 87.7. The number of carboxylic acid groups (broad SMARTS) is 2. The number of rotatable bonds is 8. The van der Waals surface area contributed by atoms with Crippen LogP contribution >= 0.6 is 0 Å². The summed E-state index contributed by atoms with van der Waals surface area (Å²) in [4.78, 5) is 19.7. The van der Waals surface area contributed by atoms with Crippen molar-refractivity contribution >= 4 is 49.7 Å². The first-order chi connectivity index (χ1) is 10.0.